The van der Waals surface area contributed by atoms with E-state index in [-0.39, 0.29) is 0 Å². The predicted octanol–water partition coefficient (Wildman–Crippen LogP) is 0.504. The highest BCUT2D eigenvalue weighted by Crippen LogP contribution is 2.21. The van der Waals surface area contributed by atoms with Crippen LogP contribution in [0.3, 0.4) is 0 Å². The Morgan fingerprint density at radius 2 is 2.38 bits per heavy atom. The highest BCUT2D eigenvalue weighted by atomic mass is 16.3. The van der Waals surface area contributed by atoms with Crippen LogP contribution < -0.4 is 5.84 Å². The second-order valence-electron chi connectivity index (χ2n) is 3.30. The van der Waals surface area contributed by atoms with Gasteiger partial charge in [0.1, 0.15) is 0 Å². The highest BCUT2D eigenvalue weighted by Gasteiger charge is 2.18. The van der Waals surface area contributed by atoms with Crippen molar-refractivity contribution in [3.8, 4) is 6.07 Å². The minimum absolute atomic E-state index is 0.405. The van der Waals surface area contributed by atoms with E-state index in [1.165, 1.54) is 0 Å². The van der Waals surface area contributed by atoms with Gasteiger partial charge in [-0.15, -0.1) is 0 Å². The number of nitriles is 1. The smallest absolute Gasteiger partial charge is 0.0993 e. The number of nitrogens with zero attached hydrogens (tertiary/aromatic N) is 2. The average molecular weight is 181 g/mol. The van der Waals surface area contributed by atoms with Crippen LogP contribution in [0.4, 0.5) is 0 Å². The van der Waals surface area contributed by atoms with Crippen LogP contribution >= 0.6 is 0 Å². The van der Waals surface area contributed by atoms with E-state index in [4.69, 9.17) is 11.1 Å². The van der Waals surface area contributed by atoms with Gasteiger partial charge in [-0.2, -0.15) is 5.26 Å². The lowest BCUT2D eigenvalue weighted by atomic mass is 10.0. The molecule has 0 aliphatic carbocycles. The number of hydrogen-bond acceptors (Lipinski definition) is 4. The lowest BCUT2D eigenvalue weighted by Gasteiger charge is -2.28. The number of hydrazine groups is 1. The first-order valence-electron chi connectivity index (χ1n) is 4.50. The quantitative estimate of drug-likeness (QED) is 0.456. The summed E-state index contributed by atoms with van der Waals surface area (Å²) < 4.78 is 0. The third-order valence-corrected chi connectivity index (χ3v) is 2.26. The summed E-state index contributed by atoms with van der Waals surface area (Å²) in [5, 5.41) is 19.7. The van der Waals surface area contributed by atoms with Crippen molar-refractivity contribution in [1.82, 2.24) is 5.01 Å². The highest BCUT2D eigenvalue weighted by molar-refractivity contribution is 5.30. The lowest BCUT2D eigenvalue weighted by Crippen LogP contribution is -2.36. The predicted molar refractivity (Wildman–Crippen MR) is 49.1 cm³/mol. The minimum Gasteiger partial charge on any atom is -0.388 e. The van der Waals surface area contributed by atoms with Gasteiger partial charge in [0.15, 0.2) is 0 Å². The molecule has 0 bridgehead atoms. The molecule has 1 fully saturated rings. The van der Waals surface area contributed by atoms with Crippen molar-refractivity contribution < 1.29 is 5.11 Å². The fourth-order valence-corrected chi connectivity index (χ4v) is 1.54. The molecule has 0 amide bonds. The molecule has 1 rings (SSSR count). The maximum absolute atomic E-state index is 9.32. The van der Waals surface area contributed by atoms with E-state index >= 15 is 0 Å². The van der Waals surface area contributed by atoms with Gasteiger partial charge in [0.05, 0.1) is 17.7 Å². The Hall–Kier alpha value is -1.05. The third kappa shape index (κ3) is 2.20. The fourth-order valence-electron chi connectivity index (χ4n) is 1.54. The van der Waals surface area contributed by atoms with E-state index in [1.807, 2.05) is 6.07 Å². The molecule has 0 spiro atoms. The van der Waals surface area contributed by atoms with Crippen LogP contribution in [-0.2, 0) is 0 Å². The van der Waals surface area contributed by atoms with Gasteiger partial charge in [-0.25, -0.2) is 5.84 Å². The molecule has 0 saturated carbocycles. The first-order chi connectivity index (χ1) is 6.16. The number of allylic oxidation sites excluding steroid dienone is 1. The molecule has 1 heterocycles. The van der Waals surface area contributed by atoms with Crippen LogP contribution in [0.5, 0.6) is 0 Å². The topological polar surface area (TPSA) is 73.3 Å². The van der Waals surface area contributed by atoms with Crippen LogP contribution in [0.2, 0.25) is 0 Å². The van der Waals surface area contributed by atoms with Crippen molar-refractivity contribution in [3.05, 3.63) is 11.3 Å². The first-order valence-corrected chi connectivity index (χ1v) is 4.50. The van der Waals surface area contributed by atoms with E-state index in [2.05, 4.69) is 0 Å². The van der Waals surface area contributed by atoms with Gasteiger partial charge in [-0.1, -0.05) is 0 Å². The van der Waals surface area contributed by atoms with Crippen LogP contribution in [0, 0.1) is 11.3 Å². The van der Waals surface area contributed by atoms with Gasteiger partial charge in [-0.3, -0.25) is 0 Å². The van der Waals surface area contributed by atoms with E-state index in [1.54, 1.807) is 11.9 Å². The van der Waals surface area contributed by atoms with Gasteiger partial charge in [0, 0.05) is 12.2 Å². The van der Waals surface area contributed by atoms with Gasteiger partial charge < -0.3 is 10.1 Å². The SMILES string of the molecule is CC(O)/C(C#N)=C1/CCCCN1N. The van der Waals surface area contributed by atoms with E-state index < -0.39 is 6.10 Å². The third-order valence-electron chi connectivity index (χ3n) is 2.26. The molecule has 72 valence electrons. The summed E-state index contributed by atoms with van der Waals surface area (Å²) in [5.41, 5.74) is 1.20. The molecule has 3 N–H and O–H groups in total. The maximum atomic E-state index is 9.32. The average Bonchev–Trinajstić information content (AvgIpc) is 2.09. The van der Waals surface area contributed by atoms with Crippen LogP contribution in [0.1, 0.15) is 26.2 Å². The number of rotatable bonds is 1. The van der Waals surface area contributed by atoms with E-state index in [0.717, 1.165) is 31.5 Å². The molecule has 0 aromatic carbocycles. The number of hydrogen-bond donors (Lipinski definition) is 2. The summed E-state index contributed by atoms with van der Waals surface area (Å²) in [4.78, 5) is 0. The molecule has 0 aromatic rings. The number of aliphatic hydroxyl groups is 1. The number of nitrogens with two attached hydrogens (primary N) is 1. The molecule has 1 aliphatic heterocycles. The standard InChI is InChI=1S/C9H15N3O/c1-7(13)8(6-10)9-4-2-3-5-12(9)11/h7,13H,2-5,11H2,1H3/b9-8-. The van der Waals surface area contributed by atoms with Crippen LogP contribution in [-0.4, -0.2) is 22.8 Å². The molecule has 1 atom stereocenters. The molecule has 4 nitrogen and oxygen atoms in total. The van der Waals surface area contributed by atoms with Gasteiger partial charge >= 0.3 is 0 Å². The normalized spacial score (nSPS) is 23.7. The summed E-state index contributed by atoms with van der Waals surface area (Å²) in [6.07, 6.45) is 2.17. The molecule has 0 radical (unpaired) electrons. The summed E-state index contributed by atoms with van der Waals surface area (Å²) in [7, 11) is 0. The van der Waals surface area contributed by atoms with Gasteiger partial charge in [0.25, 0.3) is 0 Å². The van der Waals surface area contributed by atoms with Crippen molar-refractivity contribution in [1.29, 1.82) is 5.26 Å². The zero-order chi connectivity index (χ0) is 9.84. The summed E-state index contributed by atoms with van der Waals surface area (Å²) >= 11 is 0. The summed E-state index contributed by atoms with van der Waals surface area (Å²) in [6, 6.07) is 2.01. The molecular formula is C9H15N3O. The molecular weight excluding hydrogens is 166 g/mol. The van der Waals surface area contributed by atoms with Crippen molar-refractivity contribution >= 4 is 0 Å². The fraction of sp³-hybridized carbons (Fsp3) is 0.667. The zero-order valence-electron chi connectivity index (χ0n) is 7.82. The Balaban J connectivity index is 2.91. The molecule has 13 heavy (non-hydrogen) atoms. The summed E-state index contributed by atoms with van der Waals surface area (Å²) in [6.45, 7) is 2.36. The van der Waals surface area contributed by atoms with Crippen LogP contribution in [0.25, 0.3) is 0 Å². The monoisotopic (exact) mass is 181 g/mol. The molecule has 1 unspecified atom stereocenters. The minimum atomic E-state index is -0.718. The first kappa shape index (κ1) is 10.0. The number of aliphatic hydroxyl groups excluding tert-OH is 1. The Labute approximate surface area is 78.2 Å². The Kier molecular flexibility index (Phi) is 3.29. The second kappa shape index (κ2) is 4.26. The van der Waals surface area contributed by atoms with E-state index in [9.17, 15) is 5.11 Å². The Bertz CT molecular complexity index is 252. The van der Waals surface area contributed by atoms with Gasteiger partial charge in [-0.05, 0) is 26.2 Å². The Morgan fingerprint density at radius 3 is 2.85 bits per heavy atom. The van der Waals surface area contributed by atoms with E-state index in [0.29, 0.717) is 5.57 Å². The lowest BCUT2D eigenvalue weighted by molar-refractivity contribution is 0.222. The van der Waals surface area contributed by atoms with Crippen molar-refractivity contribution in [2.24, 2.45) is 5.84 Å². The Morgan fingerprint density at radius 1 is 1.69 bits per heavy atom. The largest absolute Gasteiger partial charge is 0.388 e. The van der Waals surface area contributed by atoms with Crippen LogP contribution in [0.15, 0.2) is 11.3 Å². The molecule has 1 saturated heterocycles. The van der Waals surface area contributed by atoms with Crippen molar-refractivity contribution in [2.45, 2.75) is 32.3 Å². The molecule has 4 heteroatoms. The van der Waals surface area contributed by atoms with Crippen molar-refractivity contribution in [3.63, 3.8) is 0 Å². The molecule has 1 aliphatic rings. The maximum Gasteiger partial charge on any atom is 0.0993 e. The number of piperidine rings is 1. The summed E-state index contributed by atoms with van der Waals surface area (Å²) in [5.74, 6) is 5.71. The second-order valence-corrected chi connectivity index (χ2v) is 3.30. The van der Waals surface area contributed by atoms with Crippen molar-refractivity contribution in [2.75, 3.05) is 6.54 Å². The van der Waals surface area contributed by atoms with Gasteiger partial charge in [0.2, 0.25) is 0 Å². The zero-order valence-corrected chi connectivity index (χ0v) is 7.82. The molecule has 0 aromatic heterocycles.